The number of halogens is 3. The fraction of sp³-hybridized carbons (Fsp3) is 0.600. The van der Waals surface area contributed by atoms with Crippen LogP contribution in [0.15, 0.2) is 4.52 Å². The fourth-order valence-corrected chi connectivity index (χ4v) is 0.696. The van der Waals surface area contributed by atoms with E-state index >= 15 is 0 Å². The third kappa shape index (κ3) is 1.98. The van der Waals surface area contributed by atoms with Crippen LogP contribution >= 0.6 is 15.9 Å². The minimum atomic E-state index is -3.28. The average molecular weight is 242 g/mol. The van der Waals surface area contributed by atoms with Crippen LogP contribution in [0.25, 0.3) is 0 Å². The van der Waals surface area contributed by atoms with Gasteiger partial charge in [0.1, 0.15) is 0 Å². The van der Waals surface area contributed by atoms with Gasteiger partial charge in [0.15, 0.2) is 5.82 Å². The third-order valence-electron chi connectivity index (χ3n) is 1.09. The average Bonchev–Trinajstić information content (AvgIpc) is 2.30. The molecule has 7 heteroatoms. The zero-order chi connectivity index (χ0) is 9.35. The zero-order valence-electron chi connectivity index (χ0n) is 6.09. The number of hydrogen-bond acceptors (Lipinski definition) is 4. The summed E-state index contributed by atoms with van der Waals surface area (Å²) in [6, 6.07) is -0.516. The summed E-state index contributed by atoms with van der Waals surface area (Å²) in [6.45, 7) is 1.57. The number of nitrogens with zero attached hydrogens (tertiary/aromatic N) is 2. The highest BCUT2D eigenvalue weighted by atomic mass is 79.9. The molecule has 2 N–H and O–H groups in total. The van der Waals surface area contributed by atoms with Gasteiger partial charge in [0.05, 0.1) is 6.04 Å². The second-order valence-corrected chi connectivity index (χ2v) is 3.24. The van der Waals surface area contributed by atoms with Gasteiger partial charge in [0, 0.05) is 15.9 Å². The van der Waals surface area contributed by atoms with Gasteiger partial charge in [0.2, 0.25) is 0 Å². The second-order valence-electron chi connectivity index (χ2n) is 2.24. The summed E-state index contributed by atoms with van der Waals surface area (Å²) in [5, 5.41) is 3.26. The maximum absolute atomic E-state index is 12.4. The van der Waals surface area contributed by atoms with E-state index in [0.29, 0.717) is 0 Å². The molecular formula is C5H6BrF2N3O. The molecule has 1 aromatic heterocycles. The van der Waals surface area contributed by atoms with Gasteiger partial charge >= 0.3 is 10.7 Å². The van der Waals surface area contributed by atoms with E-state index in [1.807, 2.05) is 0 Å². The van der Waals surface area contributed by atoms with E-state index in [0.717, 1.165) is 0 Å². The van der Waals surface area contributed by atoms with Crippen molar-refractivity contribution in [3.05, 3.63) is 11.7 Å². The number of nitrogens with two attached hydrogens (primary N) is 1. The van der Waals surface area contributed by atoms with Crippen molar-refractivity contribution in [3.8, 4) is 0 Å². The number of rotatable bonds is 2. The summed E-state index contributed by atoms with van der Waals surface area (Å²) in [5.74, 6) is -0.723. The Morgan fingerprint density at radius 1 is 1.67 bits per heavy atom. The highest BCUT2D eigenvalue weighted by molar-refractivity contribution is 9.09. The first-order valence-electron chi connectivity index (χ1n) is 3.07. The highest BCUT2D eigenvalue weighted by Gasteiger charge is 2.35. The molecule has 1 rings (SSSR count). The van der Waals surface area contributed by atoms with E-state index in [-0.39, 0.29) is 5.82 Å². The Morgan fingerprint density at radius 3 is 2.50 bits per heavy atom. The Labute approximate surface area is 75.2 Å². The van der Waals surface area contributed by atoms with E-state index in [4.69, 9.17) is 5.73 Å². The van der Waals surface area contributed by atoms with E-state index in [1.54, 1.807) is 6.92 Å². The quantitative estimate of drug-likeness (QED) is 0.798. The van der Waals surface area contributed by atoms with Gasteiger partial charge in [-0.05, 0) is 6.92 Å². The molecule has 68 valence electrons. The molecule has 4 nitrogen and oxygen atoms in total. The van der Waals surface area contributed by atoms with Gasteiger partial charge < -0.3 is 10.3 Å². The van der Waals surface area contributed by atoms with Gasteiger partial charge in [-0.3, -0.25) is 0 Å². The fourth-order valence-electron chi connectivity index (χ4n) is 0.535. The monoisotopic (exact) mass is 241 g/mol. The minimum absolute atomic E-state index is 0.0594. The SMILES string of the molecule is CC(N)c1noc(C(F)(F)Br)n1. The van der Waals surface area contributed by atoms with Crippen molar-refractivity contribution >= 4 is 15.9 Å². The van der Waals surface area contributed by atoms with Crippen molar-refractivity contribution in [1.82, 2.24) is 10.1 Å². The first-order valence-corrected chi connectivity index (χ1v) is 3.87. The second kappa shape index (κ2) is 3.06. The van der Waals surface area contributed by atoms with E-state index in [1.165, 1.54) is 0 Å². The van der Waals surface area contributed by atoms with Crippen molar-refractivity contribution in [3.63, 3.8) is 0 Å². The predicted molar refractivity (Wildman–Crippen MR) is 39.7 cm³/mol. The van der Waals surface area contributed by atoms with Gasteiger partial charge in [-0.15, -0.1) is 0 Å². The van der Waals surface area contributed by atoms with E-state index in [9.17, 15) is 8.78 Å². The molecule has 0 saturated heterocycles. The van der Waals surface area contributed by atoms with Gasteiger partial charge in [-0.25, -0.2) is 0 Å². The standard InChI is InChI=1S/C5H6BrF2N3O/c1-2(9)3-10-4(12-11-3)5(6,7)8/h2H,9H2,1H3. The molecule has 12 heavy (non-hydrogen) atoms. The van der Waals surface area contributed by atoms with Gasteiger partial charge in [-0.2, -0.15) is 13.8 Å². The minimum Gasteiger partial charge on any atom is -0.331 e. The molecule has 0 spiro atoms. The molecule has 1 unspecified atom stereocenters. The first kappa shape index (κ1) is 9.53. The van der Waals surface area contributed by atoms with Crippen LogP contribution in [0.5, 0.6) is 0 Å². The van der Waals surface area contributed by atoms with Gasteiger partial charge in [0.25, 0.3) is 0 Å². The molecular weight excluding hydrogens is 236 g/mol. The molecule has 0 saturated carbocycles. The lowest BCUT2D eigenvalue weighted by Gasteiger charge is -1.98. The van der Waals surface area contributed by atoms with Crippen molar-refractivity contribution < 1.29 is 13.3 Å². The predicted octanol–water partition coefficient (Wildman–Crippen LogP) is 1.53. The van der Waals surface area contributed by atoms with Crippen LogP contribution in [0.1, 0.15) is 24.7 Å². The van der Waals surface area contributed by atoms with Crippen LogP contribution in [0.2, 0.25) is 0 Å². The van der Waals surface area contributed by atoms with E-state index in [2.05, 4.69) is 30.6 Å². The Morgan fingerprint density at radius 2 is 2.25 bits per heavy atom. The Balaban J connectivity index is 2.92. The van der Waals surface area contributed by atoms with Crippen LogP contribution in [-0.4, -0.2) is 10.1 Å². The molecule has 0 radical (unpaired) electrons. The summed E-state index contributed by atoms with van der Waals surface area (Å²) in [5.41, 5.74) is 5.33. The lowest BCUT2D eigenvalue weighted by atomic mass is 10.3. The largest absolute Gasteiger partial charge is 0.378 e. The number of alkyl halides is 3. The van der Waals surface area contributed by atoms with E-state index < -0.39 is 16.8 Å². The molecule has 0 aliphatic carbocycles. The Bertz CT molecular complexity index is 270. The van der Waals surface area contributed by atoms with Crippen molar-refractivity contribution in [1.29, 1.82) is 0 Å². The zero-order valence-corrected chi connectivity index (χ0v) is 7.68. The lowest BCUT2D eigenvalue weighted by molar-refractivity contribution is 0.0725. The Kier molecular flexibility index (Phi) is 2.43. The third-order valence-corrected chi connectivity index (χ3v) is 1.43. The normalized spacial score (nSPS) is 14.8. The summed E-state index contributed by atoms with van der Waals surface area (Å²) < 4.78 is 29.1. The summed E-state index contributed by atoms with van der Waals surface area (Å²) in [7, 11) is 0. The molecule has 1 heterocycles. The highest BCUT2D eigenvalue weighted by Crippen LogP contribution is 2.33. The van der Waals surface area contributed by atoms with Crippen LogP contribution in [0.3, 0.4) is 0 Å². The van der Waals surface area contributed by atoms with Crippen LogP contribution in [0.4, 0.5) is 8.78 Å². The molecule has 1 aromatic rings. The van der Waals surface area contributed by atoms with Crippen molar-refractivity contribution in [2.75, 3.05) is 0 Å². The van der Waals surface area contributed by atoms with Gasteiger partial charge in [-0.1, -0.05) is 5.16 Å². The maximum atomic E-state index is 12.4. The maximum Gasteiger partial charge on any atom is 0.378 e. The summed E-state index contributed by atoms with van der Waals surface area (Å²) in [4.78, 5) is 0.0968. The molecule has 0 aliphatic rings. The van der Waals surface area contributed by atoms with Crippen molar-refractivity contribution in [2.24, 2.45) is 5.73 Å². The van der Waals surface area contributed by atoms with Crippen molar-refractivity contribution in [2.45, 2.75) is 17.8 Å². The topological polar surface area (TPSA) is 64.9 Å². The summed E-state index contributed by atoms with van der Waals surface area (Å²) in [6.07, 6.45) is 0. The first-order chi connectivity index (χ1) is 5.41. The van der Waals surface area contributed by atoms with Crippen LogP contribution in [0, 0.1) is 0 Å². The number of aromatic nitrogens is 2. The Hall–Kier alpha value is -0.560. The lowest BCUT2D eigenvalue weighted by Crippen LogP contribution is -2.08. The molecule has 0 aliphatic heterocycles. The molecule has 0 fully saturated rings. The van der Waals surface area contributed by atoms with Crippen LogP contribution in [-0.2, 0) is 4.83 Å². The molecule has 0 aromatic carbocycles. The summed E-state index contributed by atoms with van der Waals surface area (Å²) >= 11 is 2.08. The number of hydrogen-bond donors (Lipinski definition) is 1. The van der Waals surface area contributed by atoms with Crippen LogP contribution < -0.4 is 5.73 Å². The smallest absolute Gasteiger partial charge is 0.331 e. The molecule has 0 bridgehead atoms. The molecule has 0 amide bonds. The molecule has 1 atom stereocenters.